The zero-order valence-corrected chi connectivity index (χ0v) is 11.7. The van der Waals surface area contributed by atoms with E-state index >= 15 is 0 Å². The summed E-state index contributed by atoms with van der Waals surface area (Å²) >= 11 is 5.55. The molecule has 0 atom stereocenters. The van der Waals surface area contributed by atoms with Crippen LogP contribution in [0.5, 0.6) is 0 Å². The maximum Gasteiger partial charge on any atom is 0.00861 e. The molecule has 0 aliphatic heterocycles. The minimum absolute atomic E-state index is 0.383. The van der Waals surface area contributed by atoms with E-state index in [1.165, 1.54) is 29.0 Å². The van der Waals surface area contributed by atoms with Gasteiger partial charge >= 0.3 is 0 Å². The van der Waals surface area contributed by atoms with Crippen molar-refractivity contribution in [2.24, 2.45) is 5.41 Å². The normalized spacial score (nSPS) is 12.0. The van der Waals surface area contributed by atoms with Gasteiger partial charge in [0, 0.05) is 15.1 Å². The minimum Gasteiger partial charge on any atom is -0.145 e. The monoisotopic (exact) mass is 274 g/mol. The molecule has 0 fully saturated rings. The molecule has 0 nitrogen and oxygen atoms in total. The molecule has 1 heterocycles. The number of hydrogen-bond acceptors (Lipinski definition) is 1. The number of halogens is 1. The summed E-state index contributed by atoms with van der Waals surface area (Å²) in [7, 11) is 0. The van der Waals surface area contributed by atoms with Crippen LogP contribution in [0, 0.1) is 5.41 Å². The standard InChI is InChI=1S/C12H19BrS/c1-4-5-10-6-7-11(14-10)8-12(2,3)9-13/h6-7H,4-5,8-9H2,1-3H3. The van der Waals surface area contributed by atoms with Crippen molar-refractivity contribution in [2.75, 3.05) is 5.33 Å². The highest BCUT2D eigenvalue weighted by molar-refractivity contribution is 9.09. The fourth-order valence-corrected chi connectivity index (χ4v) is 2.99. The number of rotatable bonds is 5. The highest BCUT2D eigenvalue weighted by Crippen LogP contribution is 2.28. The van der Waals surface area contributed by atoms with Crippen molar-refractivity contribution < 1.29 is 0 Å². The fraction of sp³-hybridized carbons (Fsp3) is 0.667. The Morgan fingerprint density at radius 1 is 1.29 bits per heavy atom. The van der Waals surface area contributed by atoms with Crippen LogP contribution in [0.1, 0.15) is 36.9 Å². The molecular formula is C12H19BrS. The van der Waals surface area contributed by atoms with Crippen molar-refractivity contribution in [3.8, 4) is 0 Å². The van der Waals surface area contributed by atoms with Gasteiger partial charge in [0.2, 0.25) is 0 Å². The third-order valence-corrected chi connectivity index (χ3v) is 4.89. The Kier molecular flexibility index (Phi) is 4.65. The van der Waals surface area contributed by atoms with Crippen LogP contribution in [0.25, 0.3) is 0 Å². The van der Waals surface area contributed by atoms with Crippen molar-refractivity contribution in [3.63, 3.8) is 0 Å². The molecule has 14 heavy (non-hydrogen) atoms. The fourth-order valence-electron chi connectivity index (χ4n) is 1.42. The van der Waals surface area contributed by atoms with Crippen LogP contribution in [0.3, 0.4) is 0 Å². The van der Waals surface area contributed by atoms with Gasteiger partial charge in [0.25, 0.3) is 0 Å². The molecule has 0 saturated heterocycles. The zero-order valence-electron chi connectivity index (χ0n) is 9.27. The maximum atomic E-state index is 3.57. The molecule has 0 N–H and O–H groups in total. The van der Waals surface area contributed by atoms with E-state index < -0.39 is 0 Å². The summed E-state index contributed by atoms with van der Waals surface area (Å²) in [5.74, 6) is 0. The van der Waals surface area contributed by atoms with Crippen LogP contribution in [-0.4, -0.2) is 5.33 Å². The first-order chi connectivity index (χ1) is 6.57. The summed E-state index contributed by atoms with van der Waals surface area (Å²) in [6.07, 6.45) is 3.67. The molecule has 1 aromatic rings. The number of thiophene rings is 1. The van der Waals surface area contributed by atoms with Crippen LogP contribution >= 0.6 is 27.3 Å². The van der Waals surface area contributed by atoms with Crippen LogP contribution in [0.2, 0.25) is 0 Å². The quantitative estimate of drug-likeness (QED) is 0.685. The van der Waals surface area contributed by atoms with Crippen molar-refractivity contribution >= 4 is 27.3 Å². The SMILES string of the molecule is CCCc1ccc(CC(C)(C)CBr)s1. The van der Waals surface area contributed by atoms with Gasteiger partial charge in [0.15, 0.2) is 0 Å². The summed E-state index contributed by atoms with van der Waals surface area (Å²) in [5, 5.41) is 1.07. The molecular weight excluding hydrogens is 256 g/mol. The van der Waals surface area contributed by atoms with Gasteiger partial charge in [0.05, 0.1) is 0 Å². The van der Waals surface area contributed by atoms with Crippen molar-refractivity contribution in [3.05, 3.63) is 21.9 Å². The van der Waals surface area contributed by atoms with E-state index in [1.54, 1.807) is 0 Å². The summed E-state index contributed by atoms with van der Waals surface area (Å²) in [6.45, 7) is 6.85. The molecule has 0 aliphatic carbocycles. The highest BCUT2D eigenvalue weighted by atomic mass is 79.9. The van der Waals surface area contributed by atoms with E-state index in [-0.39, 0.29) is 0 Å². The van der Waals surface area contributed by atoms with E-state index in [1.807, 2.05) is 11.3 Å². The topological polar surface area (TPSA) is 0 Å². The molecule has 2 heteroatoms. The Bertz CT molecular complexity index is 276. The molecule has 0 saturated carbocycles. The molecule has 0 bridgehead atoms. The van der Waals surface area contributed by atoms with Gasteiger partial charge in [-0.2, -0.15) is 0 Å². The lowest BCUT2D eigenvalue weighted by molar-refractivity contribution is 0.428. The molecule has 1 aromatic heterocycles. The minimum atomic E-state index is 0.383. The lowest BCUT2D eigenvalue weighted by atomic mass is 9.91. The molecule has 80 valence electrons. The van der Waals surface area contributed by atoms with Crippen molar-refractivity contribution in [2.45, 2.75) is 40.0 Å². The van der Waals surface area contributed by atoms with Crippen molar-refractivity contribution in [1.82, 2.24) is 0 Å². The van der Waals surface area contributed by atoms with Crippen LogP contribution in [0.15, 0.2) is 12.1 Å². The second-order valence-electron chi connectivity index (χ2n) is 4.59. The van der Waals surface area contributed by atoms with Gasteiger partial charge in [-0.15, -0.1) is 11.3 Å². The van der Waals surface area contributed by atoms with Crippen LogP contribution in [0.4, 0.5) is 0 Å². The third-order valence-electron chi connectivity index (χ3n) is 2.23. The summed E-state index contributed by atoms with van der Waals surface area (Å²) < 4.78 is 0. The average molecular weight is 275 g/mol. The van der Waals surface area contributed by atoms with E-state index in [0.29, 0.717) is 5.41 Å². The first kappa shape index (κ1) is 12.3. The highest BCUT2D eigenvalue weighted by Gasteiger charge is 2.17. The summed E-state index contributed by atoms with van der Waals surface area (Å²) in [4.78, 5) is 3.06. The van der Waals surface area contributed by atoms with Gasteiger partial charge in [0.1, 0.15) is 0 Å². The Morgan fingerprint density at radius 2 is 1.93 bits per heavy atom. The Balaban J connectivity index is 2.59. The molecule has 0 unspecified atom stereocenters. The Hall–Kier alpha value is 0.180. The third kappa shape index (κ3) is 3.74. The molecule has 0 aromatic carbocycles. The summed E-state index contributed by atoms with van der Waals surface area (Å²) in [6, 6.07) is 4.58. The van der Waals surface area contributed by atoms with Gasteiger partial charge in [-0.25, -0.2) is 0 Å². The van der Waals surface area contributed by atoms with Gasteiger partial charge in [-0.1, -0.05) is 43.1 Å². The average Bonchev–Trinajstić information content (AvgIpc) is 2.53. The maximum absolute atomic E-state index is 3.57. The zero-order chi connectivity index (χ0) is 10.6. The number of hydrogen-bond donors (Lipinski definition) is 0. The number of aryl methyl sites for hydroxylation is 1. The van der Waals surface area contributed by atoms with E-state index in [9.17, 15) is 0 Å². The lowest BCUT2D eigenvalue weighted by Crippen LogP contribution is -2.15. The first-order valence-corrected chi connectivity index (χ1v) is 7.15. The van der Waals surface area contributed by atoms with Crippen LogP contribution < -0.4 is 0 Å². The molecule has 0 spiro atoms. The summed E-state index contributed by atoms with van der Waals surface area (Å²) in [5.41, 5.74) is 0.383. The predicted octanol–water partition coefficient (Wildman–Crippen LogP) is 4.66. The molecule has 0 aliphatic rings. The largest absolute Gasteiger partial charge is 0.145 e. The second kappa shape index (κ2) is 5.32. The number of alkyl halides is 1. The lowest BCUT2D eigenvalue weighted by Gasteiger charge is -2.20. The van der Waals surface area contributed by atoms with E-state index in [4.69, 9.17) is 0 Å². The second-order valence-corrected chi connectivity index (χ2v) is 6.41. The van der Waals surface area contributed by atoms with Gasteiger partial charge in [-0.3, -0.25) is 0 Å². The van der Waals surface area contributed by atoms with Gasteiger partial charge in [-0.05, 0) is 30.4 Å². The van der Waals surface area contributed by atoms with Crippen molar-refractivity contribution in [1.29, 1.82) is 0 Å². The Labute approximate surface area is 99.9 Å². The predicted molar refractivity (Wildman–Crippen MR) is 69.6 cm³/mol. The van der Waals surface area contributed by atoms with E-state index in [0.717, 1.165) is 5.33 Å². The van der Waals surface area contributed by atoms with E-state index in [2.05, 4.69) is 48.8 Å². The molecule has 0 radical (unpaired) electrons. The smallest absolute Gasteiger partial charge is 0.00861 e. The molecule has 1 rings (SSSR count). The first-order valence-electron chi connectivity index (χ1n) is 5.21. The van der Waals surface area contributed by atoms with Crippen LogP contribution in [-0.2, 0) is 12.8 Å². The van der Waals surface area contributed by atoms with Gasteiger partial charge < -0.3 is 0 Å². The molecule has 0 amide bonds. The Morgan fingerprint density at radius 3 is 2.50 bits per heavy atom.